The maximum Gasteiger partial charge on any atom is 0.166 e. The summed E-state index contributed by atoms with van der Waals surface area (Å²) < 4.78 is 18.7. The molecule has 2 rings (SSSR count). The fourth-order valence-corrected chi connectivity index (χ4v) is 1.56. The van der Waals surface area contributed by atoms with E-state index in [0.29, 0.717) is 18.1 Å². The molecule has 0 unspecified atom stereocenters. The molecule has 1 aromatic heterocycles. The predicted molar refractivity (Wildman–Crippen MR) is 65.5 cm³/mol. The molecule has 94 valence electrons. The third-order valence-electron chi connectivity index (χ3n) is 2.37. The molecule has 0 saturated heterocycles. The van der Waals surface area contributed by atoms with Crippen molar-refractivity contribution in [2.75, 3.05) is 7.05 Å². The van der Waals surface area contributed by atoms with Crippen LogP contribution in [-0.4, -0.2) is 17.0 Å². The fraction of sp³-hybridized carbons (Fsp3) is 0.231. The second kappa shape index (κ2) is 6.07. The van der Waals surface area contributed by atoms with E-state index in [1.807, 2.05) is 0 Å². The van der Waals surface area contributed by atoms with Gasteiger partial charge in [-0.05, 0) is 31.3 Å². The Labute approximate surface area is 105 Å². The van der Waals surface area contributed by atoms with Crippen molar-refractivity contribution in [3.05, 3.63) is 53.9 Å². The first kappa shape index (κ1) is 12.4. The summed E-state index contributed by atoms with van der Waals surface area (Å²) in [5.74, 6) is 0.957. The highest BCUT2D eigenvalue weighted by atomic mass is 19.1. The lowest BCUT2D eigenvalue weighted by Crippen LogP contribution is -2.08. The molecule has 1 N–H and O–H groups in total. The van der Waals surface area contributed by atoms with Crippen LogP contribution in [0.15, 0.2) is 36.7 Å². The quantitative estimate of drug-likeness (QED) is 0.876. The number of ether oxygens (including phenoxy) is 1. The zero-order valence-electron chi connectivity index (χ0n) is 10.1. The van der Waals surface area contributed by atoms with Gasteiger partial charge in [0.2, 0.25) is 0 Å². The lowest BCUT2D eigenvalue weighted by Gasteiger charge is -2.10. The Morgan fingerprint density at radius 2 is 2.06 bits per heavy atom. The summed E-state index contributed by atoms with van der Waals surface area (Å²) in [6.07, 6.45) is 3.32. The first-order valence-electron chi connectivity index (χ1n) is 5.61. The van der Waals surface area contributed by atoms with Gasteiger partial charge in [0.25, 0.3) is 0 Å². The maximum absolute atomic E-state index is 13.1. The Kier molecular flexibility index (Phi) is 4.20. The van der Waals surface area contributed by atoms with Gasteiger partial charge in [0.1, 0.15) is 18.2 Å². The monoisotopic (exact) mass is 247 g/mol. The highest BCUT2D eigenvalue weighted by Crippen LogP contribution is 2.20. The van der Waals surface area contributed by atoms with Crippen molar-refractivity contribution in [1.82, 2.24) is 15.3 Å². The van der Waals surface area contributed by atoms with Crippen molar-refractivity contribution >= 4 is 0 Å². The largest absolute Gasteiger partial charge is 0.485 e. The highest BCUT2D eigenvalue weighted by molar-refractivity contribution is 5.33. The molecule has 0 spiro atoms. The second-order valence-corrected chi connectivity index (χ2v) is 3.74. The molecular formula is C13H14FN3O. The zero-order valence-corrected chi connectivity index (χ0v) is 10.1. The average Bonchev–Trinajstić information content (AvgIpc) is 2.39. The Morgan fingerprint density at radius 1 is 1.28 bits per heavy atom. The number of aromatic nitrogens is 2. The molecule has 0 aliphatic rings. The van der Waals surface area contributed by atoms with Crippen molar-refractivity contribution in [2.45, 2.75) is 13.2 Å². The van der Waals surface area contributed by atoms with E-state index in [9.17, 15) is 4.39 Å². The SMILES string of the molecule is CNCc1cc(F)ccc1OCc1ncccn1. The summed E-state index contributed by atoms with van der Waals surface area (Å²) in [5, 5.41) is 2.97. The highest BCUT2D eigenvalue weighted by Gasteiger charge is 2.05. The zero-order chi connectivity index (χ0) is 12.8. The van der Waals surface area contributed by atoms with Gasteiger partial charge in [0, 0.05) is 24.5 Å². The number of halogens is 1. The van der Waals surface area contributed by atoms with E-state index in [-0.39, 0.29) is 12.4 Å². The van der Waals surface area contributed by atoms with Gasteiger partial charge >= 0.3 is 0 Å². The first-order chi connectivity index (χ1) is 8.79. The average molecular weight is 247 g/mol. The minimum absolute atomic E-state index is 0.267. The fourth-order valence-electron chi connectivity index (χ4n) is 1.56. The number of benzene rings is 1. The van der Waals surface area contributed by atoms with Crippen LogP contribution < -0.4 is 10.1 Å². The second-order valence-electron chi connectivity index (χ2n) is 3.74. The topological polar surface area (TPSA) is 47.0 Å². The van der Waals surface area contributed by atoms with E-state index >= 15 is 0 Å². The summed E-state index contributed by atoms with van der Waals surface area (Å²) in [6, 6.07) is 6.19. The summed E-state index contributed by atoms with van der Waals surface area (Å²) in [6.45, 7) is 0.811. The lowest BCUT2D eigenvalue weighted by molar-refractivity contribution is 0.291. The number of hydrogen-bond acceptors (Lipinski definition) is 4. The van der Waals surface area contributed by atoms with Crippen molar-refractivity contribution in [3.8, 4) is 5.75 Å². The van der Waals surface area contributed by atoms with Crippen LogP contribution >= 0.6 is 0 Å². The van der Waals surface area contributed by atoms with E-state index in [1.165, 1.54) is 12.1 Å². The van der Waals surface area contributed by atoms with E-state index < -0.39 is 0 Å². The van der Waals surface area contributed by atoms with Crippen LogP contribution in [-0.2, 0) is 13.2 Å². The number of nitrogens with zero attached hydrogens (tertiary/aromatic N) is 2. The van der Waals surface area contributed by atoms with E-state index in [4.69, 9.17) is 4.74 Å². The molecule has 0 aliphatic heterocycles. The Bertz CT molecular complexity index is 505. The molecule has 1 aromatic carbocycles. The van der Waals surface area contributed by atoms with Gasteiger partial charge in [-0.3, -0.25) is 0 Å². The predicted octanol–water partition coefficient (Wildman–Crippen LogP) is 1.91. The van der Waals surface area contributed by atoms with Gasteiger partial charge in [-0.25, -0.2) is 14.4 Å². The molecule has 1 heterocycles. The maximum atomic E-state index is 13.1. The van der Waals surface area contributed by atoms with Crippen molar-refractivity contribution in [3.63, 3.8) is 0 Å². The van der Waals surface area contributed by atoms with E-state index in [2.05, 4.69) is 15.3 Å². The molecule has 0 bridgehead atoms. The number of nitrogens with one attached hydrogen (secondary N) is 1. The van der Waals surface area contributed by atoms with Crippen LogP contribution in [0.1, 0.15) is 11.4 Å². The van der Waals surface area contributed by atoms with Crippen LogP contribution in [0.5, 0.6) is 5.75 Å². The van der Waals surface area contributed by atoms with Crippen molar-refractivity contribution in [1.29, 1.82) is 0 Å². The van der Waals surface area contributed by atoms with Crippen LogP contribution in [0.25, 0.3) is 0 Å². The van der Waals surface area contributed by atoms with Gasteiger partial charge in [-0.1, -0.05) is 0 Å². The summed E-state index contributed by atoms with van der Waals surface area (Å²) in [4.78, 5) is 8.12. The van der Waals surface area contributed by atoms with Crippen molar-refractivity contribution in [2.24, 2.45) is 0 Å². The van der Waals surface area contributed by atoms with Gasteiger partial charge < -0.3 is 10.1 Å². The van der Waals surface area contributed by atoms with Gasteiger partial charge in [0.05, 0.1) is 0 Å². The van der Waals surface area contributed by atoms with Gasteiger partial charge in [0.15, 0.2) is 5.82 Å². The standard InChI is InChI=1S/C13H14FN3O/c1-15-8-10-7-11(14)3-4-12(10)18-9-13-16-5-2-6-17-13/h2-7,15H,8-9H2,1H3. The summed E-state index contributed by atoms with van der Waals surface area (Å²) >= 11 is 0. The molecule has 4 nitrogen and oxygen atoms in total. The molecule has 0 atom stereocenters. The molecule has 0 fully saturated rings. The third-order valence-corrected chi connectivity index (χ3v) is 2.37. The molecule has 0 saturated carbocycles. The lowest BCUT2D eigenvalue weighted by atomic mass is 10.2. The first-order valence-corrected chi connectivity index (χ1v) is 5.61. The van der Waals surface area contributed by atoms with E-state index in [0.717, 1.165) is 5.56 Å². The van der Waals surface area contributed by atoms with Crippen LogP contribution in [0.2, 0.25) is 0 Å². The molecule has 2 aromatic rings. The minimum Gasteiger partial charge on any atom is -0.485 e. The summed E-state index contributed by atoms with van der Waals surface area (Å²) in [5.41, 5.74) is 0.772. The normalized spacial score (nSPS) is 10.3. The summed E-state index contributed by atoms with van der Waals surface area (Å²) in [7, 11) is 1.80. The van der Waals surface area contributed by atoms with Crippen LogP contribution in [0.4, 0.5) is 4.39 Å². The van der Waals surface area contributed by atoms with Gasteiger partial charge in [-0.2, -0.15) is 0 Å². The van der Waals surface area contributed by atoms with Crippen LogP contribution in [0.3, 0.4) is 0 Å². The Morgan fingerprint density at radius 3 is 2.78 bits per heavy atom. The molecule has 0 radical (unpaired) electrons. The molecular weight excluding hydrogens is 233 g/mol. The minimum atomic E-state index is -0.274. The molecule has 0 aliphatic carbocycles. The number of rotatable bonds is 5. The third kappa shape index (κ3) is 3.24. The number of hydrogen-bond donors (Lipinski definition) is 1. The molecule has 5 heteroatoms. The molecule has 0 amide bonds. The van der Waals surface area contributed by atoms with Crippen LogP contribution in [0, 0.1) is 5.82 Å². The smallest absolute Gasteiger partial charge is 0.166 e. The van der Waals surface area contributed by atoms with Gasteiger partial charge in [-0.15, -0.1) is 0 Å². The van der Waals surface area contributed by atoms with E-state index in [1.54, 1.807) is 31.6 Å². The Hall–Kier alpha value is -2.01. The van der Waals surface area contributed by atoms with Crippen molar-refractivity contribution < 1.29 is 9.13 Å². The Balaban J connectivity index is 2.09. The molecule has 18 heavy (non-hydrogen) atoms.